The van der Waals surface area contributed by atoms with Crippen LogP contribution in [-0.4, -0.2) is 89.6 Å². The number of hydrogen-bond donors (Lipinski definition) is 4. The monoisotopic (exact) mass is 821 g/mol. The van der Waals surface area contributed by atoms with E-state index in [1.165, 1.54) is 109 Å². The van der Waals surface area contributed by atoms with Crippen LogP contribution in [0, 0.1) is 0 Å². The second kappa shape index (κ2) is 40.6. The number of allylic oxidation sites excluding steroid dienone is 8. The summed E-state index contributed by atoms with van der Waals surface area (Å²) in [6, 6.07) is 0. The largest absolute Gasteiger partial charge is 0.457 e. The SMILES string of the molecule is CC/C=C\C/C=C\C/C=C\C/C=C\CCCCCCCCCCC(=O)OC(COCCCCCCCCCCCCCCCC)COC1OC(CO)C(O)C(O)C1O. The molecule has 0 amide bonds. The van der Waals surface area contributed by atoms with Crippen molar-refractivity contribution in [2.45, 2.75) is 230 Å². The van der Waals surface area contributed by atoms with Crippen molar-refractivity contribution in [3.63, 3.8) is 0 Å². The van der Waals surface area contributed by atoms with Gasteiger partial charge in [-0.05, 0) is 51.4 Å². The lowest BCUT2D eigenvalue weighted by Crippen LogP contribution is -2.59. The second-order valence-corrected chi connectivity index (χ2v) is 16.2. The molecule has 6 atom stereocenters. The van der Waals surface area contributed by atoms with Crippen molar-refractivity contribution < 1.29 is 44.2 Å². The maximum Gasteiger partial charge on any atom is 0.306 e. The van der Waals surface area contributed by atoms with E-state index in [-0.39, 0.29) is 19.2 Å². The molecule has 0 aromatic carbocycles. The molecule has 1 aliphatic rings. The molecule has 0 bridgehead atoms. The van der Waals surface area contributed by atoms with Gasteiger partial charge in [-0.2, -0.15) is 0 Å². The first kappa shape index (κ1) is 54.2. The highest BCUT2D eigenvalue weighted by Crippen LogP contribution is 2.23. The number of aliphatic hydroxyl groups is 4. The van der Waals surface area contributed by atoms with E-state index in [0.29, 0.717) is 13.0 Å². The molecule has 58 heavy (non-hydrogen) atoms. The highest BCUT2D eigenvalue weighted by Gasteiger charge is 2.44. The number of esters is 1. The van der Waals surface area contributed by atoms with Crippen LogP contribution in [0.2, 0.25) is 0 Å². The van der Waals surface area contributed by atoms with E-state index in [2.05, 4.69) is 62.5 Å². The fourth-order valence-corrected chi connectivity index (χ4v) is 7.07. The molecule has 0 aliphatic carbocycles. The Kier molecular flexibility index (Phi) is 37.9. The molecule has 338 valence electrons. The number of carbonyl (C=O) groups is 1. The van der Waals surface area contributed by atoms with Crippen molar-refractivity contribution in [1.29, 1.82) is 0 Å². The third kappa shape index (κ3) is 31.1. The van der Waals surface area contributed by atoms with Gasteiger partial charge in [-0.15, -0.1) is 0 Å². The molecule has 1 aliphatic heterocycles. The maximum atomic E-state index is 12.8. The van der Waals surface area contributed by atoms with Crippen molar-refractivity contribution in [1.82, 2.24) is 0 Å². The summed E-state index contributed by atoms with van der Waals surface area (Å²) >= 11 is 0. The lowest BCUT2D eigenvalue weighted by atomic mass is 9.99. The van der Waals surface area contributed by atoms with Crippen LogP contribution in [-0.2, 0) is 23.7 Å². The Hall–Kier alpha value is -1.85. The van der Waals surface area contributed by atoms with Gasteiger partial charge in [-0.3, -0.25) is 4.79 Å². The summed E-state index contributed by atoms with van der Waals surface area (Å²) in [6.07, 6.45) is 42.7. The summed E-state index contributed by atoms with van der Waals surface area (Å²) in [4.78, 5) is 12.8. The van der Waals surface area contributed by atoms with Gasteiger partial charge < -0.3 is 39.4 Å². The Balaban J connectivity index is 2.24. The molecule has 6 unspecified atom stereocenters. The average molecular weight is 821 g/mol. The van der Waals surface area contributed by atoms with Gasteiger partial charge in [0.2, 0.25) is 0 Å². The molecule has 0 aromatic rings. The molecule has 1 heterocycles. The fourth-order valence-electron chi connectivity index (χ4n) is 7.07. The summed E-state index contributed by atoms with van der Waals surface area (Å²) in [6.45, 7) is 4.45. The molecule has 1 fully saturated rings. The van der Waals surface area contributed by atoms with Crippen LogP contribution >= 0.6 is 0 Å². The quantitative estimate of drug-likeness (QED) is 0.0271. The van der Waals surface area contributed by atoms with Gasteiger partial charge in [0.25, 0.3) is 0 Å². The summed E-state index contributed by atoms with van der Waals surface area (Å²) in [7, 11) is 0. The Morgan fingerprint density at radius 1 is 0.569 bits per heavy atom. The van der Waals surface area contributed by atoms with E-state index in [1.54, 1.807) is 0 Å². The van der Waals surface area contributed by atoms with Crippen molar-refractivity contribution in [3.8, 4) is 0 Å². The molecule has 1 saturated heterocycles. The van der Waals surface area contributed by atoms with E-state index in [9.17, 15) is 25.2 Å². The molecule has 0 spiro atoms. The van der Waals surface area contributed by atoms with Gasteiger partial charge in [-0.25, -0.2) is 0 Å². The fraction of sp³-hybridized carbons (Fsp3) is 0.816. The number of rotatable bonds is 40. The van der Waals surface area contributed by atoms with Crippen LogP contribution in [0.25, 0.3) is 0 Å². The van der Waals surface area contributed by atoms with E-state index in [4.69, 9.17) is 18.9 Å². The molecule has 0 radical (unpaired) electrons. The Bertz CT molecular complexity index is 1030. The van der Waals surface area contributed by atoms with E-state index in [1.807, 2.05) is 0 Å². The van der Waals surface area contributed by atoms with Crippen molar-refractivity contribution in [3.05, 3.63) is 48.6 Å². The van der Waals surface area contributed by atoms with Gasteiger partial charge in [0, 0.05) is 13.0 Å². The normalized spacial score (nSPS) is 20.7. The van der Waals surface area contributed by atoms with Gasteiger partial charge in [0.1, 0.15) is 30.5 Å². The minimum absolute atomic E-state index is 0.116. The van der Waals surface area contributed by atoms with Crippen molar-refractivity contribution >= 4 is 5.97 Å². The molecular weight excluding hydrogens is 733 g/mol. The van der Waals surface area contributed by atoms with Gasteiger partial charge >= 0.3 is 5.97 Å². The minimum Gasteiger partial charge on any atom is -0.457 e. The smallest absolute Gasteiger partial charge is 0.306 e. The molecule has 0 aromatic heterocycles. The zero-order chi connectivity index (χ0) is 42.2. The third-order valence-corrected chi connectivity index (χ3v) is 10.8. The first-order valence-corrected chi connectivity index (χ1v) is 23.7. The first-order valence-electron chi connectivity index (χ1n) is 23.7. The molecule has 0 saturated carbocycles. The minimum atomic E-state index is -1.54. The second-order valence-electron chi connectivity index (χ2n) is 16.2. The van der Waals surface area contributed by atoms with Crippen LogP contribution in [0.5, 0.6) is 0 Å². The van der Waals surface area contributed by atoms with E-state index < -0.39 is 43.4 Å². The lowest BCUT2D eigenvalue weighted by molar-refractivity contribution is -0.305. The number of aliphatic hydroxyl groups excluding tert-OH is 4. The molecule has 9 heteroatoms. The zero-order valence-electron chi connectivity index (χ0n) is 37.0. The highest BCUT2D eigenvalue weighted by atomic mass is 16.7. The number of hydrogen-bond acceptors (Lipinski definition) is 9. The lowest BCUT2D eigenvalue weighted by Gasteiger charge is -2.39. The molecular formula is C49H88O9. The first-order chi connectivity index (χ1) is 28.4. The Labute approximate surface area is 354 Å². The van der Waals surface area contributed by atoms with Crippen LogP contribution in [0.15, 0.2) is 48.6 Å². The Morgan fingerprint density at radius 2 is 1.05 bits per heavy atom. The average Bonchev–Trinajstić information content (AvgIpc) is 3.22. The standard InChI is InChI=1S/C49H88O9/c1-3-5-7-9-11-13-15-17-19-20-21-22-23-24-25-26-28-30-32-34-36-38-45(51)57-43(42-56-49-48(54)47(53)46(52)44(40-50)58-49)41-55-39-37-35-33-31-29-27-18-16-14-12-10-8-6-4-2/h5,7,11,13,17,19,21-22,43-44,46-50,52-54H,3-4,6,8-10,12,14-16,18,20,23-42H2,1-2H3/b7-5-,13-11-,19-17-,22-21-. The van der Waals surface area contributed by atoms with E-state index >= 15 is 0 Å². The molecule has 1 rings (SSSR count). The zero-order valence-corrected chi connectivity index (χ0v) is 37.0. The summed E-state index contributed by atoms with van der Waals surface area (Å²) in [5.74, 6) is -0.321. The molecule has 9 nitrogen and oxygen atoms in total. The van der Waals surface area contributed by atoms with Crippen LogP contribution in [0.4, 0.5) is 0 Å². The summed E-state index contributed by atoms with van der Waals surface area (Å²) < 4.78 is 22.8. The summed E-state index contributed by atoms with van der Waals surface area (Å²) in [5, 5.41) is 40.1. The number of unbranched alkanes of at least 4 members (excludes halogenated alkanes) is 21. The van der Waals surface area contributed by atoms with Crippen LogP contribution in [0.3, 0.4) is 0 Å². The third-order valence-electron chi connectivity index (χ3n) is 10.8. The topological polar surface area (TPSA) is 135 Å². The van der Waals surface area contributed by atoms with Crippen molar-refractivity contribution in [2.75, 3.05) is 26.4 Å². The number of carbonyl (C=O) groups excluding carboxylic acids is 1. The number of ether oxygens (including phenoxy) is 4. The van der Waals surface area contributed by atoms with Crippen LogP contribution < -0.4 is 0 Å². The van der Waals surface area contributed by atoms with Crippen LogP contribution in [0.1, 0.15) is 194 Å². The Morgan fingerprint density at radius 3 is 1.59 bits per heavy atom. The summed E-state index contributed by atoms with van der Waals surface area (Å²) in [5.41, 5.74) is 0. The predicted octanol–water partition coefficient (Wildman–Crippen LogP) is 10.9. The van der Waals surface area contributed by atoms with E-state index in [0.717, 1.165) is 64.2 Å². The highest BCUT2D eigenvalue weighted by molar-refractivity contribution is 5.69. The van der Waals surface area contributed by atoms with Gasteiger partial charge in [0.15, 0.2) is 6.29 Å². The van der Waals surface area contributed by atoms with Gasteiger partial charge in [-0.1, -0.05) is 184 Å². The predicted molar refractivity (Wildman–Crippen MR) is 238 cm³/mol. The van der Waals surface area contributed by atoms with Crippen molar-refractivity contribution in [2.24, 2.45) is 0 Å². The maximum absolute atomic E-state index is 12.8. The van der Waals surface area contributed by atoms with Gasteiger partial charge in [0.05, 0.1) is 19.8 Å². The molecule has 4 N–H and O–H groups in total.